The van der Waals surface area contributed by atoms with Gasteiger partial charge in [-0.05, 0) is 20.8 Å². The van der Waals surface area contributed by atoms with E-state index in [1.54, 1.807) is 18.9 Å². The van der Waals surface area contributed by atoms with Gasteiger partial charge in [0.05, 0.1) is 12.6 Å². The van der Waals surface area contributed by atoms with E-state index in [2.05, 4.69) is 10.3 Å². The summed E-state index contributed by atoms with van der Waals surface area (Å²) in [6.07, 6.45) is 0. The lowest BCUT2D eigenvalue weighted by Crippen LogP contribution is -2.46. The second-order valence-electron chi connectivity index (χ2n) is 4.83. The molecule has 0 radical (unpaired) electrons. The van der Waals surface area contributed by atoms with E-state index >= 15 is 0 Å². The Balaban J connectivity index is 2.68. The van der Waals surface area contributed by atoms with Crippen molar-refractivity contribution >= 4 is 23.3 Å². The number of amides is 2. The van der Waals surface area contributed by atoms with Crippen LogP contribution in [-0.2, 0) is 4.74 Å². The van der Waals surface area contributed by atoms with Crippen molar-refractivity contribution in [2.45, 2.75) is 32.9 Å². The van der Waals surface area contributed by atoms with E-state index in [-0.39, 0.29) is 23.8 Å². The number of carboxylic acids is 1. The van der Waals surface area contributed by atoms with Gasteiger partial charge < -0.3 is 20.1 Å². The molecule has 0 aliphatic carbocycles. The number of hydrogen-bond acceptors (Lipinski definition) is 5. The number of hydrogen-bond donors (Lipinski definition) is 2. The summed E-state index contributed by atoms with van der Waals surface area (Å²) in [5.74, 6) is -1.07. The molecule has 0 aliphatic heterocycles. The van der Waals surface area contributed by atoms with Gasteiger partial charge in [0.15, 0.2) is 5.69 Å². The van der Waals surface area contributed by atoms with Crippen LogP contribution >= 0.6 is 11.3 Å². The molecule has 2 amide bonds. The van der Waals surface area contributed by atoms with Crippen molar-refractivity contribution in [2.75, 3.05) is 20.3 Å². The van der Waals surface area contributed by atoms with Crippen LogP contribution in [0.15, 0.2) is 5.38 Å². The summed E-state index contributed by atoms with van der Waals surface area (Å²) in [6, 6.07) is -0.528. The number of nitrogens with zero attached hydrogens (tertiary/aromatic N) is 2. The van der Waals surface area contributed by atoms with E-state index in [0.29, 0.717) is 18.2 Å². The van der Waals surface area contributed by atoms with Crippen LogP contribution in [0.1, 0.15) is 42.3 Å². The Bertz CT molecular complexity index is 490. The molecule has 0 bridgehead atoms. The van der Waals surface area contributed by atoms with Gasteiger partial charge >= 0.3 is 12.0 Å². The van der Waals surface area contributed by atoms with Crippen LogP contribution in [0, 0.1) is 0 Å². The minimum Gasteiger partial charge on any atom is -0.476 e. The number of methoxy groups -OCH3 is 1. The number of thiazole rings is 1. The van der Waals surface area contributed by atoms with Crippen molar-refractivity contribution in [3.8, 4) is 0 Å². The Morgan fingerprint density at radius 2 is 2.14 bits per heavy atom. The van der Waals surface area contributed by atoms with Crippen molar-refractivity contribution in [1.82, 2.24) is 15.2 Å². The molecular formula is C13H21N3O4S. The summed E-state index contributed by atoms with van der Waals surface area (Å²) in [5, 5.41) is 13.7. The van der Waals surface area contributed by atoms with Crippen LogP contribution in [0.3, 0.4) is 0 Å². The minimum atomic E-state index is -1.07. The molecule has 0 aromatic carbocycles. The Morgan fingerprint density at radius 3 is 2.62 bits per heavy atom. The molecule has 1 unspecified atom stereocenters. The van der Waals surface area contributed by atoms with Gasteiger partial charge in [-0.25, -0.2) is 14.6 Å². The Kier molecular flexibility index (Phi) is 6.57. The summed E-state index contributed by atoms with van der Waals surface area (Å²) < 4.78 is 4.99. The first kappa shape index (κ1) is 17.4. The highest BCUT2D eigenvalue weighted by molar-refractivity contribution is 7.09. The number of carbonyl (C=O) groups is 2. The molecule has 0 saturated carbocycles. The van der Waals surface area contributed by atoms with E-state index in [0.717, 1.165) is 0 Å². The first-order valence-corrected chi connectivity index (χ1v) is 7.49. The Morgan fingerprint density at radius 1 is 1.48 bits per heavy atom. The predicted molar refractivity (Wildman–Crippen MR) is 79.7 cm³/mol. The lowest BCUT2D eigenvalue weighted by Gasteiger charge is -2.28. The molecule has 21 heavy (non-hydrogen) atoms. The number of rotatable bonds is 7. The molecule has 7 nitrogen and oxygen atoms in total. The van der Waals surface area contributed by atoms with E-state index < -0.39 is 5.97 Å². The predicted octanol–water partition coefficient (Wildman–Crippen LogP) is 1.97. The molecule has 118 valence electrons. The number of aromatic carboxylic acids is 1. The van der Waals surface area contributed by atoms with Crippen molar-refractivity contribution in [3.05, 3.63) is 16.1 Å². The average Bonchev–Trinajstić information content (AvgIpc) is 2.88. The quantitative estimate of drug-likeness (QED) is 0.802. The van der Waals surface area contributed by atoms with E-state index in [1.807, 2.05) is 13.8 Å². The van der Waals surface area contributed by atoms with Crippen LogP contribution in [0.4, 0.5) is 4.79 Å². The van der Waals surface area contributed by atoms with Gasteiger partial charge in [-0.1, -0.05) is 0 Å². The second-order valence-corrected chi connectivity index (χ2v) is 5.72. The molecule has 0 fully saturated rings. The maximum absolute atomic E-state index is 12.2. The highest BCUT2D eigenvalue weighted by Crippen LogP contribution is 2.18. The maximum Gasteiger partial charge on any atom is 0.355 e. The minimum absolute atomic E-state index is 0.00352. The third kappa shape index (κ3) is 4.98. The number of carbonyl (C=O) groups excluding carboxylic acids is 1. The molecule has 1 aromatic heterocycles. The van der Waals surface area contributed by atoms with Crippen molar-refractivity contribution in [3.63, 3.8) is 0 Å². The van der Waals surface area contributed by atoms with Crippen LogP contribution in [0.5, 0.6) is 0 Å². The summed E-state index contributed by atoms with van der Waals surface area (Å²) >= 11 is 1.22. The van der Waals surface area contributed by atoms with Gasteiger partial charge in [-0.3, -0.25) is 0 Å². The molecule has 1 aromatic rings. The van der Waals surface area contributed by atoms with Crippen LogP contribution < -0.4 is 5.32 Å². The third-order valence-corrected chi connectivity index (χ3v) is 3.90. The SMILES string of the molecule is COCCN(C(=O)NC(C)c1nc(C(=O)O)cs1)C(C)C. The fraction of sp³-hybridized carbons (Fsp3) is 0.615. The van der Waals surface area contributed by atoms with Gasteiger partial charge in [0.25, 0.3) is 0 Å². The monoisotopic (exact) mass is 315 g/mol. The van der Waals surface area contributed by atoms with Crippen LogP contribution in [-0.4, -0.2) is 53.3 Å². The zero-order chi connectivity index (χ0) is 16.0. The summed E-state index contributed by atoms with van der Waals surface area (Å²) in [4.78, 5) is 28.7. The summed E-state index contributed by atoms with van der Waals surface area (Å²) in [7, 11) is 1.59. The second kappa shape index (κ2) is 7.94. The largest absolute Gasteiger partial charge is 0.476 e. The zero-order valence-electron chi connectivity index (χ0n) is 12.6. The van der Waals surface area contributed by atoms with Crippen molar-refractivity contribution in [2.24, 2.45) is 0 Å². The molecule has 1 atom stereocenters. The molecule has 0 spiro atoms. The molecule has 1 heterocycles. The molecule has 1 rings (SSSR count). The smallest absolute Gasteiger partial charge is 0.355 e. The van der Waals surface area contributed by atoms with Gasteiger partial charge in [0.2, 0.25) is 0 Å². The van der Waals surface area contributed by atoms with Crippen molar-refractivity contribution in [1.29, 1.82) is 0 Å². The lowest BCUT2D eigenvalue weighted by molar-refractivity contribution is 0.0691. The first-order valence-electron chi connectivity index (χ1n) is 6.61. The third-order valence-electron chi connectivity index (χ3n) is 2.87. The van der Waals surface area contributed by atoms with Gasteiger partial charge in [0, 0.05) is 25.1 Å². The number of urea groups is 1. The number of ether oxygens (including phenoxy) is 1. The number of aromatic nitrogens is 1. The highest BCUT2D eigenvalue weighted by Gasteiger charge is 2.21. The average molecular weight is 315 g/mol. The zero-order valence-corrected chi connectivity index (χ0v) is 13.4. The summed E-state index contributed by atoms with van der Waals surface area (Å²) in [6.45, 7) is 6.57. The lowest BCUT2D eigenvalue weighted by atomic mass is 10.3. The van der Waals surface area contributed by atoms with Crippen molar-refractivity contribution < 1.29 is 19.4 Å². The molecule has 2 N–H and O–H groups in total. The van der Waals surface area contributed by atoms with E-state index in [1.165, 1.54) is 16.7 Å². The first-order chi connectivity index (χ1) is 9.86. The highest BCUT2D eigenvalue weighted by atomic mass is 32.1. The fourth-order valence-electron chi connectivity index (χ4n) is 1.70. The van der Waals surface area contributed by atoms with Gasteiger partial charge in [0.1, 0.15) is 5.01 Å². The van der Waals surface area contributed by atoms with Gasteiger partial charge in [-0.15, -0.1) is 11.3 Å². The number of nitrogens with one attached hydrogen (secondary N) is 1. The Labute approximate surface area is 127 Å². The van der Waals surface area contributed by atoms with E-state index in [4.69, 9.17) is 9.84 Å². The molecular weight excluding hydrogens is 294 g/mol. The molecule has 8 heteroatoms. The molecule has 0 saturated heterocycles. The maximum atomic E-state index is 12.2. The van der Waals surface area contributed by atoms with Crippen LogP contribution in [0.2, 0.25) is 0 Å². The standard InChI is InChI=1S/C13H21N3O4S/c1-8(2)16(5-6-20-4)13(19)14-9(3)11-15-10(7-21-11)12(17)18/h7-9H,5-6H2,1-4H3,(H,14,19)(H,17,18). The topological polar surface area (TPSA) is 91.8 Å². The Hall–Kier alpha value is -1.67. The molecule has 0 aliphatic rings. The summed E-state index contributed by atoms with van der Waals surface area (Å²) in [5.41, 5.74) is -0.00352. The van der Waals surface area contributed by atoms with Gasteiger partial charge in [-0.2, -0.15) is 0 Å². The fourth-order valence-corrected chi connectivity index (χ4v) is 2.50. The van der Waals surface area contributed by atoms with E-state index in [9.17, 15) is 9.59 Å². The van der Waals surface area contributed by atoms with Crippen LogP contribution in [0.25, 0.3) is 0 Å². The number of carboxylic acid groups (broad SMARTS) is 1. The normalized spacial score (nSPS) is 12.2.